The van der Waals surface area contributed by atoms with Gasteiger partial charge in [-0.15, -0.1) is 11.8 Å². The summed E-state index contributed by atoms with van der Waals surface area (Å²) in [6.07, 6.45) is 1.74. The van der Waals surface area contributed by atoms with Gasteiger partial charge in [-0.2, -0.15) is 0 Å². The molecule has 4 atom stereocenters. The molecule has 4 rings (SSSR count). The molecule has 1 heterocycles. The second-order valence-corrected chi connectivity index (χ2v) is 9.33. The zero-order chi connectivity index (χ0) is 18.3. The average Bonchev–Trinajstić information content (AvgIpc) is 3.13. The van der Waals surface area contributed by atoms with Crippen LogP contribution in [0.3, 0.4) is 0 Å². The van der Waals surface area contributed by atoms with Crippen molar-refractivity contribution in [3.05, 3.63) is 59.7 Å². The topological polar surface area (TPSA) is 43.7 Å². The highest BCUT2D eigenvalue weighted by atomic mass is 32.2. The number of aryl methyl sites for hydroxylation is 1. The molecule has 1 saturated carbocycles. The molecule has 0 bridgehead atoms. The normalized spacial score (nSPS) is 29.7. The summed E-state index contributed by atoms with van der Waals surface area (Å²) in [5.41, 5.74) is 1.66. The highest BCUT2D eigenvalue weighted by molar-refractivity contribution is 7.99. The predicted octanol–water partition coefficient (Wildman–Crippen LogP) is 4.37. The Morgan fingerprint density at radius 3 is 2.27 bits per heavy atom. The quantitative estimate of drug-likeness (QED) is 0.786. The van der Waals surface area contributed by atoms with Gasteiger partial charge >= 0.3 is 0 Å². The molecule has 26 heavy (non-hydrogen) atoms. The molecule has 2 N–H and O–H groups in total. The number of benzene rings is 2. The monoisotopic (exact) mass is 369 g/mol. The van der Waals surface area contributed by atoms with Crippen molar-refractivity contribution in [2.75, 3.05) is 13.1 Å². The molecule has 0 aromatic heterocycles. The van der Waals surface area contributed by atoms with E-state index in [4.69, 9.17) is 0 Å². The predicted molar refractivity (Wildman–Crippen MR) is 106 cm³/mol. The van der Waals surface area contributed by atoms with Crippen molar-refractivity contribution in [1.29, 1.82) is 0 Å². The van der Waals surface area contributed by atoms with Gasteiger partial charge in [0.05, 0.1) is 11.0 Å². The van der Waals surface area contributed by atoms with Crippen LogP contribution in [0.15, 0.2) is 53.4 Å². The van der Waals surface area contributed by atoms with Crippen molar-refractivity contribution in [3.8, 4) is 5.75 Å². The maximum atomic E-state index is 11.3. The van der Waals surface area contributed by atoms with E-state index in [0.717, 1.165) is 31.5 Å². The second-order valence-electron chi connectivity index (χ2n) is 7.94. The van der Waals surface area contributed by atoms with Crippen molar-refractivity contribution in [3.63, 3.8) is 0 Å². The van der Waals surface area contributed by atoms with Gasteiger partial charge in [-0.3, -0.25) is 4.90 Å². The first-order valence-corrected chi connectivity index (χ1v) is 10.3. The summed E-state index contributed by atoms with van der Waals surface area (Å²) in [6.45, 7) is 6.48. The number of likely N-dealkylation sites (tertiary alicyclic amines) is 1. The average molecular weight is 370 g/mol. The minimum Gasteiger partial charge on any atom is -0.508 e. The smallest absolute Gasteiger partial charge is 0.115 e. The van der Waals surface area contributed by atoms with Gasteiger partial charge in [0.15, 0.2) is 0 Å². The first-order chi connectivity index (χ1) is 12.4. The Labute approximate surface area is 160 Å². The molecule has 1 unspecified atom stereocenters. The Hall–Kier alpha value is -1.49. The molecule has 0 amide bonds. The zero-order valence-electron chi connectivity index (χ0n) is 15.4. The molecule has 4 heteroatoms. The number of fused-ring (bicyclic) bond motifs is 1. The van der Waals surface area contributed by atoms with Gasteiger partial charge in [-0.25, -0.2) is 0 Å². The van der Waals surface area contributed by atoms with Crippen molar-refractivity contribution in [1.82, 2.24) is 4.90 Å². The van der Waals surface area contributed by atoms with Crippen LogP contribution in [0.1, 0.15) is 30.9 Å². The van der Waals surface area contributed by atoms with Crippen LogP contribution < -0.4 is 0 Å². The minimum atomic E-state index is -0.653. The molecule has 1 aliphatic heterocycles. The summed E-state index contributed by atoms with van der Waals surface area (Å²) in [7, 11) is 0. The summed E-state index contributed by atoms with van der Waals surface area (Å²) in [5.74, 6) is 1.46. The van der Waals surface area contributed by atoms with E-state index < -0.39 is 5.60 Å². The number of thioether (sulfide) groups is 1. The van der Waals surface area contributed by atoms with Gasteiger partial charge < -0.3 is 10.2 Å². The fraction of sp³-hybridized carbons (Fsp3) is 0.455. The fourth-order valence-corrected chi connectivity index (χ4v) is 5.80. The minimum absolute atomic E-state index is 0.313. The fourth-order valence-electron chi connectivity index (χ4n) is 4.80. The molecule has 2 aromatic rings. The van der Waals surface area contributed by atoms with E-state index in [0.29, 0.717) is 23.0 Å². The van der Waals surface area contributed by atoms with Crippen LogP contribution in [0.25, 0.3) is 0 Å². The van der Waals surface area contributed by atoms with Crippen molar-refractivity contribution < 1.29 is 10.2 Å². The summed E-state index contributed by atoms with van der Waals surface area (Å²) in [6, 6.07) is 15.7. The third-order valence-electron chi connectivity index (χ3n) is 6.11. The zero-order valence-corrected chi connectivity index (χ0v) is 16.2. The number of hydrogen-bond donors (Lipinski definition) is 2. The number of nitrogens with zero attached hydrogens (tertiary/aromatic N) is 1. The Morgan fingerprint density at radius 2 is 1.65 bits per heavy atom. The Bertz CT molecular complexity index is 762. The number of aliphatic hydroxyl groups is 1. The standard InChI is InChI=1S/C22H27NO2S/c1-15-5-3-4-6-21(15)22(25)11-17-13-23(14-18(17)12-22)16(2)26-20-9-7-19(24)8-10-20/h3-10,16-18,24-25H,11-14H2,1-2H3/t16?,17-,18+,22-. The van der Waals surface area contributed by atoms with Crippen LogP contribution in [-0.4, -0.2) is 33.6 Å². The van der Waals surface area contributed by atoms with Gasteiger partial charge in [0.2, 0.25) is 0 Å². The molecule has 2 aromatic carbocycles. The van der Waals surface area contributed by atoms with Gasteiger partial charge in [0.25, 0.3) is 0 Å². The first kappa shape index (κ1) is 17.9. The lowest BCUT2D eigenvalue weighted by molar-refractivity contribution is 0.0306. The summed E-state index contributed by atoms with van der Waals surface area (Å²) < 4.78 is 0. The first-order valence-electron chi connectivity index (χ1n) is 9.43. The van der Waals surface area contributed by atoms with Gasteiger partial charge in [0, 0.05) is 18.0 Å². The Balaban J connectivity index is 1.40. The SMILES string of the molecule is Cc1ccccc1[C@]1(O)C[C@H]2CN(C(C)Sc3ccc(O)cc3)C[C@H]2C1. The third-order valence-corrected chi connectivity index (χ3v) is 7.29. The molecule has 138 valence electrons. The van der Waals surface area contributed by atoms with Gasteiger partial charge in [0.1, 0.15) is 5.75 Å². The Kier molecular flexibility index (Phi) is 4.76. The molecule has 1 saturated heterocycles. The van der Waals surface area contributed by atoms with Gasteiger partial charge in [-0.05, 0) is 73.9 Å². The molecular weight excluding hydrogens is 342 g/mol. The van der Waals surface area contributed by atoms with E-state index >= 15 is 0 Å². The number of phenolic OH excluding ortho intramolecular Hbond substituents is 1. The van der Waals surface area contributed by atoms with E-state index in [1.807, 2.05) is 36.0 Å². The van der Waals surface area contributed by atoms with E-state index in [-0.39, 0.29) is 0 Å². The highest BCUT2D eigenvalue weighted by Crippen LogP contribution is 2.50. The molecule has 3 nitrogen and oxygen atoms in total. The van der Waals surface area contributed by atoms with E-state index in [1.54, 1.807) is 12.1 Å². The lowest BCUT2D eigenvalue weighted by Crippen LogP contribution is -2.32. The van der Waals surface area contributed by atoms with Gasteiger partial charge in [-0.1, -0.05) is 24.3 Å². The molecule has 2 fully saturated rings. The lowest BCUT2D eigenvalue weighted by atomic mass is 9.87. The van der Waals surface area contributed by atoms with Crippen LogP contribution in [0.4, 0.5) is 0 Å². The van der Waals surface area contributed by atoms with Crippen LogP contribution in [0.2, 0.25) is 0 Å². The lowest BCUT2D eigenvalue weighted by Gasteiger charge is -2.29. The van der Waals surface area contributed by atoms with E-state index in [2.05, 4.69) is 30.9 Å². The van der Waals surface area contributed by atoms with Crippen LogP contribution in [0.5, 0.6) is 5.75 Å². The molecule has 2 aliphatic rings. The second kappa shape index (κ2) is 6.91. The summed E-state index contributed by atoms with van der Waals surface area (Å²) in [5, 5.41) is 21.1. The molecule has 1 aliphatic carbocycles. The number of rotatable bonds is 4. The highest BCUT2D eigenvalue weighted by Gasteiger charge is 2.49. The number of hydrogen-bond acceptors (Lipinski definition) is 4. The van der Waals surface area contributed by atoms with Crippen LogP contribution in [0, 0.1) is 18.8 Å². The largest absolute Gasteiger partial charge is 0.508 e. The van der Waals surface area contributed by atoms with Crippen LogP contribution in [-0.2, 0) is 5.60 Å². The number of aromatic hydroxyl groups is 1. The van der Waals surface area contributed by atoms with Crippen LogP contribution >= 0.6 is 11.8 Å². The molecule has 0 radical (unpaired) electrons. The van der Waals surface area contributed by atoms with E-state index in [1.165, 1.54) is 10.5 Å². The van der Waals surface area contributed by atoms with E-state index in [9.17, 15) is 10.2 Å². The molecule has 0 spiro atoms. The summed E-state index contributed by atoms with van der Waals surface area (Å²) >= 11 is 1.84. The Morgan fingerprint density at radius 1 is 1.04 bits per heavy atom. The van der Waals surface area contributed by atoms with Crippen molar-refractivity contribution in [2.45, 2.75) is 42.6 Å². The maximum absolute atomic E-state index is 11.3. The van der Waals surface area contributed by atoms with Crippen molar-refractivity contribution in [2.24, 2.45) is 11.8 Å². The number of phenols is 1. The van der Waals surface area contributed by atoms with Crippen molar-refractivity contribution >= 4 is 11.8 Å². The summed E-state index contributed by atoms with van der Waals surface area (Å²) in [4.78, 5) is 3.73. The molecular formula is C22H27NO2S. The maximum Gasteiger partial charge on any atom is 0.115 e. The third kappa shape index (κ3) is 3.38.